The molecule has 0 aromatic heterocycles. The van der Waals surface area contributed by atoms with Crippen LogP contribution in [0.15, 0.2) is 48.5 Å². The van der Waals surface area contributed by atoms with Crippen molar-refractivity contribution in [1.82, 2.24) is 5.32 Å². The first kappa shape index (κ1) is 15.3. The van der Waals surface area contributed by atoms with Crippen LogP contribution < -0.4 is 5.32 Å². The fourth-order valence-corrected chi connectivity index (χ4v) is 2.35. The Morgan fingerprint density at radius 3 is 2.29 bits per heavy atom. The molecule has 2 nitrogen and oxygen atoms in total. The molecule has 0 fully saturated rings. The third-order valence-electron chi connectivity index (χ3n) is 3.66. The summed E-state index contributed by atoms with van der Waals surface area (Å²) in [5, 5.41) is 12.7. The van der Waals surface area contributed by atoms with Crippen molar-refractivity contribution < 1.29 is 0 Å². The molecule has 0 amide bonds. The first-order chi connectivity index (χ1) is 10.1. The van der Waals surface area contributed by atoms with E-state index in [1.165, 1.54) is 16.7 Å². The maximum atomic E-state index is 9.38. The second-order valence-corrected chi connectivity index (χ2v) is 5.75. The molecule has 0 saturated heterocycles. The van der Waals surface area contributed by atoms with E-state index < -0.39 is 0 Å². The highest BCUT2D eigenvalue weighted by atomic mass is 14.9. The number of rotatable bonds is 5. The molecule has 0 aliphatic rings. The van der Waals surface area contributed by atoms with Gasteiger partial charge in [-0.1, -0.05) is 67.9 Å². The first-order valence-electron chi connectivity index (χ1n) is 7.38. The smallest absolute Gasteiger partial charge is 0.121 e. The predicted octanol–water partition coefficient (Wildman–Crippen LogP) is 4.47. The predicted molar refractivity (Wildman–Crippen MR) is 86.9 cm³/mol. The minimum absolute atomic E-state index is 0.272. The number of nitrogens with one attached hydrogen (secondary N) is 1. The Hall–Kier alpha value is -2.11. The molecule has 0 spiro atoms. The number of aryl methyl sites for hydroxylation is 1. The first-order valence-corrected chi connectivity index (χ1v) is 7.38. The lowest BCUT2D eigenvalue weighted by molar-refractivity contribution is 0.630. The zero-order chi connectivity index (χ0) is 15.2. The van der Waals surface area contributed by atoms with Gasteiger partial charge in [-0.2, -0.15) is 5.26 Å². The minimum Gasteiger partial charge on any atom is -0.294 e. The van der Waals surface area contributed by atoms with Crippen molar-refractivity contribution in [2.45, 2.75) is 39.3 Å². The topological polar surface area (TPSA) is 35.8 Å². The molecule has 1 atom stereocenters. The number of hydrogen-bond acceptors (Lipinski definition) is 2. The van der Waals surface area contributed by atoms with Crippen LogP contribution in [-0.4, -0.2) is 0 Å². The normalized spacial score (nSPS) is 12.1. The van der Waals surface area contributed by atoms with Gasteiger partial charge in [0, 0.05) is 6.54 Å². The summed E-state index contributed by atoms with van der Waals surface area (Å²) < 4.78 is 0. The van der Waals surface area contributed by atoms with Crippen LogP contribution >= 0.6 is 0 Å². The summed E-state index contributed by atoms with van der Waals surface area (Å²) in [5.41, 5.74) is 4.77. The van der Waals surface area contributed by atoms with Crippen LogP contribution in [-0.2, 0) is 6.54 Å². The number of nitrogens with zero attached hydrogens (tertiary/aromatic N) is 1. The van der Waals surface area contributed by atoms with Gasteiger partial charge in [-0.05, 0) is 29.5 Å². The van der Waals surface area contributed by atoms with Gasteiger partial charge in [0.1, 0.15) is 6.04 Å². The molecular formula is C19H22N2. The Morgan fingerprint density at radius 1 is 1.05 bits per heavy atom. The second kappa shape index (κ2) is 7.06. The van der Waals surface area contributed by atoms with Crippen molar-refractivity contribution in [3.63, 3.8) is 0 Å². The molecule has 0 saturated carbocycles. The molecule has 0 radical (unpaired) electrons. The van der Waals surface area contributed by atoms with Gasteiger partial charge in [0.05, 0.1) is 6.07 Å². The molecule has 0 bridgehead atoms. The largest absolute Gasteiger partial charge is 0.294 e. The van der Waals surface area contributed by atoms with E-state index in [2.05, 4.69) is 62.5 Å². The minimum atomic E-state index is -0.272. The summed E-state index contributed by atoms with van der Waals surface area (Å²) in [6.45, 7) is 7.13. The van der Waals surface area contributed by atoms with E-state index in [1.54, 1.807) is 0 Å². The van der Waals surface area contributed by atoms with E-state index in [0.29, 0.717) is 12.5 Å². The lowest BCUT2D eigenvalue weighted by Crippen LogP contribution is -2.19. The highest BCUT2D eigenvalue weighted by molar-refractivity contribution is 5.30. The zero-order valence-electron chi connectivity index (χ0n) is 12.9. The van der Waals surface area contributed by atoms with E-state index in [4.69, 9.17) is 0 Å². The lowest BCUT2D eigenvalue weighted by atomic mass is 9.99. The van der Waals surface area contributed by atoms with Crippen molar-refractivity contribution in [3.8, 4) is 6.07 Å². The van der Waals surface area contributed by atoms with Crippen LogP contribution in [0.5, 0.6) is 0 Å². The molecule has 108 valence electrons. The van der Waals surface area contributed by atoms with Crippen LogP contribution in [0.25, 0.3) is 0 Å². The lowest BCUT2D eigenvalue weighted by Gasteiger charge is -2.13. The number of benzene rings is 2. The van der Waals surface area contributed by atoms with E-state index in [0.717, 1.165) is 5.56 Å². The Morgan fingerprint density at radius 2 is 1.71 bits per heavy atom. The van der Waals surface area contributed by atoms with Crippen molar-refractivity contribution in [3.05, 3.63) is 70.8 Å². The highest BCUT2D eigenvalue weighted by Crippen LogP contribution is 2.19. The fraction of sp³-hybridized carbons (Fsp3) is 0.316. The molecule has 1 unspecified atom stereocenters. The third-order valence-corrected chi connectivity index (χ3v) is 3.66. The molecule has 0 heterocycles. The summed E-state index contributed by atoms with van der Waals surface area (Å²) >= 11 is 0. The molecule has 2 aromatic rings. The highest BCUT2D eigenvalue weighted by Gasteiger charge is 2.10. The standard InChI is InChI=1S/C19H22N2/c1-14(2)17-7-9-18(10-8-17)19(12-20)21-13-16-6-4-5-15(3)11-16/h4-11,14,19,21H,13H2,1-3H3. The Kier molecular flexibility index (Phi) is 5.14. The average molecular weight is 278 g/mol. The fourth-order valence-electron chi connectivity index (χ4n) is 2.35. The maximum absolute atomic E-state index is 9.38. The maximum Gasteiger partial charge on any atom is 0.121 e. The number of nitriles is 1. The molecule has 0 aliphatic carbocycles. The second-order valence-electron chi connectivity index (χ2n) is 5.75. The molecule has 2 rings (SSSR count). The van der Waals surface area contributed by atoms with Gasteiger partial charge in [0.15, 0.2) is 0 Å². The van der Waals surface area contributed by atoms with Crippen molar-refractivity contribution in [2.75, 3.05) is 0 Å². The summed E-state index contributed by atoms with van der Waals surface area (Å²) in [6.07, 6.45) is 0. The summed E-state index contributed by atoms with van der Waals surface area (Å²) in [7, 11) is 0. The summed E-state index contributed by atoms with van der Waals surface area (Å²) in [4.78, 5) is 0. The molecule has 1 N–H and O–H groups in total. The van der Waals surface area contributed by atoms with E-state index in [1.807, 2.05) is 18.2 Å². The van der Waals surface area contributed by atoms with Crippen LogP contribution in [0.4, 0.5) is 0 Å². The SMILES string of the molecule is Cc1cccc(CNC(C#N)c2ccc(C(C)C)cc2)c1. The average Bonchev–Trinajstić information content (AvgIpc) is 2.48. The van der Waals surface area contributed by atoms with E-state index >= 15 is 0 Å². The monoisotopic (exact) mass is 278 g/mol. The Labute approximate surface area is 127 Å². The molecule has 21 heavy (non-hydrogen) atoms. The van der Waals surface area contributed by atoms with Gasteiger partial charge in [0.25, 0.3) is 0 Å². The molecular weight excluding hydrogens is 256 g/mol. The van der Waals surface area contributed by atoms with E-state index in [9.17, 15) is 5.26 Å². The van der Waals surface area contributed by atoms with Crippen LogP contribution in [0.3, 0.4) is 0 Å². The van der Waals surface area contributed by atoms with Gasteiger partial charge >= 0.3 is 0 Å². The van der Waals surface area contributed by atoms with Gasteiger partial charge in [-0.3, -0.25) is 5.32 Å². The van der Waals surface area contributed by atoms with Crippen molar-refractivity contribution in [2.24, 2.45) is 0 Å². The van der Waals surface area contributed by atoms with Gasteiger partial charge in [-0.25, -0.2) is 0 Å². The van der Waals surface area contributed by atoms with Crippen LogP contribution in [0.2, 0.25) is 0 Å². The van der Waals surface area contributed by atoms with Gasteiger partial charge in [0.2, 0.25) is 0 Å². The molecule has 0 aliphatic heterocycles. The van der Waals surface area contributed by atoms with Crippen molar-refractivity contribution in [1.29, 1.82) is 5.26 Å². The van der Waals surface area contributed by atoms with Crippen LogP contribution in [0.1, 0.15) is 48.1 Å². The molecule has 2 heteroatoms. The summed E-state index contributed by atoms with van der Waals surface area (Å²) in [6, 6.07) is 18.7. The van der Waals surface area contributed by atoms with Gasteiger partial charge < -0.3 is 0 Å². The third kappa shape index (κ3) is 4.18. The quantitative estimate of drug-likeness (QED) is 0.875. The molecule has 2 aromatic carbocycles. The van der Waals surface area contributed by atoms with E-state index in [-0.39, 0.29) is 6.04 Å². The Balaban J connectivity index is 2.04. The summed E-state index contributed by atoms with van der Waals surface area (Å²) in [5.74, 6) is 0.514. The van der Waals surface area contributed by atoms with Crippen molar-refractivity contribution >= 4 is 0 Å². The van der Waals surface area contributed by atoms with Gasteiger partial charge in [-0.15, -0.1) is 0 Å². The number of hydrogen-bond donors (Lipinski definition) is 1. The van der Waals surface area contributed by atoms with Crippen LogP contribution in [0, 0.1) is 18.3 Å². The Bertz CT molecular complexity index is 621. The zero-order valence-corrected chi connectivity index (χ0v) is 12.9.